The van der Waals surface area contributed by atoms with Gasteiger partial charge in [0.1, 0.15) is 16.9 Å². The number of piperidine rings is 1. The number of pyridine rings is 1. The summed E-state index contributed by atoms with van der Waals surface area (Å²) >= 11 is 0. The summed E-state index contributed by atoms with van der Waals surface area (Å²) in [5.74, 6) is -4.38. The van der Waals surface area contributed by atoms with Crippen LogP contribution in [0.4, 0.5) is 14.6 Å². The number of methoxy groups -OCH3 is 1. The van der Waals surface area contributed by atoms with Gasteiger partial charge in [0.05, 0.1) is 18.7 Å². The number of benzene rings is 2. The molecule has 6 rings (SSSR count). The first-order valence-electron chi connectivity index (χ1n) is 13.9. The largest absolute Gasteiger partial charge is 0.479 e. The van der Waals surface area contributed by atoms with E-state index in [0.29, 0.717) is 11.1 Å². The second-order valence-electron chi connectivity index (χ2n) is 11.3. The van der Waals surface area contributed by atoms with Crippen molar-refractivity contribution in [3.8, 4) is 17.7 Å². The van der Waals surface area contributed by atoms with Crippen molar-refractivity contribution < 1.29 is 28.5 Å². The quantitative estimate of drug-likeness (QED) is 0.412. The number of fused-ring (bicyclic) bond motifs is 3. The van der Waals surface area contributed by atoms with Crippen LogP contribution in [-0.4, -0.2) is 59.4 Å². The molecule has 3 aromatic rings. The standard InChI is InChI=1S/C32H30F2N4O4/c1-36-26-16-25-28(29(37-26)41-2)31(40)24(18-38-14-12-30(33,34)13-15-38)23(19-39)27(21-6-4-3-5-7-21)32(31,42-25)22-10-8-20(17-35)9-11-22/h3-11,16,23-24,27,39-40H,12-15,18-19H2,2H3/t23-,24-,27+,31+,32-/m0/s1. The predicted molar refractivity (Wildman–Crippen MR) is 148 cm³/mol. The van der Waals surface area contributed by atoms with Gasteiger partial charge in [0.25, 0.3) is 11.7 Å². The molecule has 10 heteroatoms. The number of hydrogen-bond donors (Lipinski definition) is 2. The summed E-state index contributed by atoms with van der Waals surface area (Å²) in [5.41, 5.74) is -1.38. The van der Waals surface area contributed by atoms with Gasteiger partial charge in [0.2, 0.25) is 0 Å². The van der Waals surface area contributed by atoms with Gasteiger partial charge in [0.15, 0.2) is 5.60 Å². The summed E-state index contributed by atoms with van der Waals surface area (Å²) in [5, 5.41) is 33.9. The highest BCUT2D eigenvalue weighted by molar-refractivity contribution is 5.62. The number of aliphatic hydroxyl groups excluding tert-OH is 1. The molecular weight excluding hydrogens is 542 g/mol. The number of alkyl halides is 2. The molecule has 2 N–H and O–H groups in total. The zero-order valence-electron chi connectivity index (χ0n) is 23.0. The van der Waals surface area contributed by atoms with Gasteiger partial charge in [-0.15, -0.1) is 0 Å². The third kappa shape index (κ3) is 4.05. The van der Waals surface area contributed by atoms with Crippen molar-refractivity contribution in [1.82, 2.24) is 9.88 Å². The Morgan fingerprint density at radius 3 is 2.45 bits per heavy atom. The Morgan fingerprint density at radius 1 is 1.17 bits per heavy atom. The van der Waals surface area contributed by atoms with E-state index in [0.717, 1.165) is 5.56 Å². The Labute approximate surface area is 242 Å². The van der Waals surface area contributed by atoms with Crippen LogP contribution in [0, 0.1) is 29.7 Å². The van der Waals surface area contributed by atoms with Crippen LogP contribution in [0.15, 0.2) is 60.7 Å². The predicted octanol–water partition coefficient (Wildman–Crippen LogP) is 4.74. The van der Waals surface area contributed by atoms with Crippen molar-refractivity contribution in [1.29, 1.82) is 5.26 Å². The van der Waals surface area contributed by atoms with Gasteiger partial charge in [-0.05, 0) is 23.3 Å². The van der Waals surface area contributed by atoms with Gasteiger partial charge >= 0.3 is 5.88 Å². The summed E-state index contributed by atoms with van der Waals surface area (Å²) in [6.45, 7) is 7.74. The minimum absolute atomic E-state index is 0.0222. The highest BCUT2D eigenvalue weighted by atomic mass is 19.3. The molecule has 3 aliphatic rings. The van der Waals surface area contributed by atoms with Crippen LogP contribution < -0.4 is 9.47 Å². The van der Waals surface area contributed by atoms with Gasteiger partial charge < -0.3 is 29.4 Å². The average Bonchev–Trinajstić information content (AvgIpc) is 3.39. The molecule has 2 fully saturated rings. The minimum Gasteiger partial charge on any atom is -0.479 e. The van der Waals surface area contributed by atoms with E-state index in [1.165, 1.54) is 13.2 Å². The Bertz CT molecular complexity index is 1560. The Hall–Kier alpha value is -4.09. The number of nitriles is 1. The van der Waals surface area contributed by atoms with E-state index >= 15 is 0 Å². The van der Waals surface area contributed by atoms with Crippen LogP contribution in [0.1, 0.15) is 41.0 Å². The van der Waals surface area contributed by atoms with Crippen LogP contribution in [0.2, 0.25) is 0 Å². The summed E-state index contributed by atoms with van der Waals surface area (Å²) in [7, 11) is 1.40. The molecule has 0 unspecified atom stereocenters. The summed E-state index contributed by atoms with van der Waals surface area (Å²) in [4.78, 5) is 9.73. The van der Waals surface area contributed by atoms with Crippen molar-refractivity contribution in [3.63, 3.8) is 0 Å². The van der Waals surface area contributed by atoms with Gasteiger partial charge in [-0.2, -0.15) is 5.26 Å². The number of likely N-dealkylation sites (tertiary alicyclic amines) is 1. The minimum atomic E-state index is -2.75. The second-order valence-corrected chi connectivity index (χ2v) is 11.3. The molecule has 8 nitrogen and oxygen atoms in total. The lowest BCUT2D eigenvalue weighted by atomic mass is 9.70. The number of hydrogen-bond acceptors (Lipinski definition) is 7. The number of aliphatic hydroxyl groups is 2. The number of halogens is 2. The monoisotopic (exact) mass is 572 g/mol. The van der Waals surface area contributed by atoms with Gasteiger partial charge in [-0.25, -0.2) is 8.78 Å². The first kappa shape index (κ1) is 28.0. The molecule has 1 saturated carbocycles. The lowest BCUT2D eigenvalue weighted by Gasteiger charge is -2.42. The van der Waals surface area contributed by atoms with Gasteiger partial charge in [-0.1, -0.05) is 54.0 Å². The summed E-state index contributed by atoms with van der Waals surface area (Å²) in [6, 6.07) is 19.8. The topological polar surface area (TPSA) is 103 Å². The Kier molecular flexibility index (Phi) is 6.89. The molecule has 42 heavy (non-hydrogen) atoms. The second kappa shape index (κ2) is 10.3. The van der Waals surface area contributed by atoms with E-state index in [1.807, 2.05) is 35.2 Å². The Morgan fingerprint density at radius 2 is 1.86 bits per heavy atom. The SMILES string of the molecule is [C-]#[N+]c1cc2c(c(OC)n1)[C@]1(O)[C@@H](CN3CCC(F)(F)CC3)[C@H](CO)[C@@H](c3ccccc3)[C@]1(c1ccc(C#N)cc1)O2. The van der Waals surface area contributed by atoms with E-state index < -0.39 is 34.9 Å². The van der Waals surface area contributed by atoms with Crippen LogP contribution in [0.25, 0.3) is 4.85 Å². The molecule has 3 heterocycles. The number of aromatic nitrogens is 1. The number of nitrogens with zero attached hydrogens (tertiary/aromatic N) is 4. The normalized spacial score (nSPS) is 29.5. The fourth-order valence-electron chi connectivity index (χ4n) is 7.40. The van der Waals surface area contributed by atoms with E-state index in [4.69, 9.17) is 16.0 Å². The average molecular weight is 573 g/mol. The summed E-state index contributed by atoms with van der Waals surface area (Å²) in [6.07, 6.45) is -0.589. The van der Waals surface area contributed by atoms with Crippen molar-refractivity contribution in [2.45, 2.75) is 35.9 Å². The molecule has 1 aromatic heterocycles. The molecule has 1 saturated heterocycles. The zero-order valence-corrected chi connectivity index (χ0v) is 23.0. The van der Waals surface area contributed by atoms with Crippen molar-refractivity contribution in [2.75, 3.05) is 33.4 Å². The molecule has 2 aliphatic heterocycles. The van der Waals surface area contributed by atoms with Crippen molar-refractivity contribution in [2.24, 2.45) is 11.8 Å². The van der Waals surface area contributed by atoms with E-state index in [-0.39, 0.29) is 62.1 Å². The first-order valence-corrected chi connectivity index (χ1v) is 13.9. The Balaban J connectivity index is 1.63. The van der Waals surface area contributed by atoms with Crippen LogP contribution >= 0.6 is 0 Å². The maximum atomic E-state index is 14.1. The van der Waals surface area contributed by atoms with E-state index in [1.54, 1.807) is 24.3 Å². The molecule has 0 radical (unpaired) electrons. The van der Waals surface area contributed by atoms with Crippen LogP contribution in [0.5, 0.6) is 11.6 Å². The molecule has 0 amide bonds. The molecule has 1 aliphatic carbocycles. The lowest BCUT2D eigenvalue weighted by Crippen LogP contribution is -2.53. The van der Waals surface area contributed by atoms with Crippen molar-refractivity contribution >= 4 is 5.82 Å². The maximum Gasteiger partial charge on any atom is 0.319 e. The number of ether oxygens (including phenoxy) is 2. The van der Waals surface area contributed by atoms with Crippen molar-refractivity contribution in [3.05, 3.63) is 94.3 Å². The lowest BCUT2D eigenvalue weighted by molar-refractivity contribution is -0.136. The van der Waals surface area contributed by atoms with Crippen LogP contribution in [-0.2, 0) is 11.2 Å². The fourth-order valence-corrected chi connectivity index (χ4v) is 7.40. The smallest absolute Gasteiger partial charge is 0.319 e. The third-order valence-corrected chi connectivity index (χ3v) is 9.24. The summed E-state index contributed by atoms with van der Waals surface area (Å²) < 4.78 is 40.7. The van der Waals surface area contributed by atoms with E-state index in [2.05, 4.69) is 15.9 Å². The molecule has 0 spiro atoms. The molecular formula is C32H30F2N4O4. The maximum absolute atomic E-state index is 14.1. The number of rotatable bonds is 6. The van der Waals surface area contributed by atoms with Gasteiger partial charge in [0, 0.05) is 62.9 Å². The third-order valence-electron chi connectivity index (χ3n) is 9.24. The molecule has 2 aromatic carbocycles. The zero-order chi connectivity index (χ0) is 29.7. The molecule has 5 atom stereocenters. The van der Waals surface area contributed by atoms with Crippen LogP contribution in [0.3, 0.4) is 0 Å². The molecule has 0 bridgehead atoms. The first-order chi connectivity index (χ1) is 20.2. The fraction of sp³-hybridized carbons (Fsp3) is 0.406. The van der Waals surface area contributed by atoms with Gasteiger partial charge in [-0.3, -0.25) is 0 Å². The highest BCUT2D eigenvalue weighted by Gasteiger charge is 2.77. The highest BCUT2D eigenvalue weighted by Crippen LogP contribution is 2.72. The molecule has 216 valence electrons. The van der Waals surface area contributed by atoms with E-state index in [9.17, 15) is 24.3 Å².